The number of amides is 1. The lowest BCUT2D eigenvalue weighted by Gasteiger charge is -2.32. The molecule has 3 rings (SSSR count). The molecule has 0 spiro atoms. The van der Waals surface area contributed by atoms with E-state index in [9.17, 15) is 18.0 Å². The minimum absolute atomic E-state index is 0.174. The molecule has 1 fully saturated rings. The Kier molecular flexibility index (Phi) is 5.06. The first-order valence-electron chi connectivity index (χ1n) is 8.20. The molecule has 0 saturated carbocycles. The van der Waals surface area contributed by atoms with Crippen molar-refractivity contribution >= 4 is 5.91 Å². The summed E-state index contributed by atoms with van der Waals surface area (Å²) >= 11 is 0. The Morgan fingerprint density at radius 3 is 2.80 bits per heavy atom. The van der Waals surface area contributed by atoms with Gasteiger partial charge in [-0.2, -0.15) is 18.3 Å². The zero-order valence-electron chi connectivity index (χ0n) is 13.6. The number of hydrogen-bond acceptors (Lipinski definition) is 3. The summed E-state index contributed by atoms with van der Waals surface area (Å²) in [5, 5.41) is 3.44. The third-order valence-corrected chi connectivity index (χ3v) is 4.32. The quantitative estimate of drug-likeness (QED) is 0.850. The molecule has 0 radical (unpaired) electrons. The smallest absolute Gasteiger partial charge is 0.341 e. The molecule has 1 unspecified atom stereocenters. The number of carbonyl (C=O) groups is 1. The lowest BCUT2D eigenvalue weighted by atomic mass is 9.93. The van der Waals surface area contributed by atoms with Crippen LogP contribution in [0.3, 0.4) is 0 Å². The Hall–Kier alpha value is -2.38. The second-order valence-corrected chi connectivity index (χ2v) is 6.27. The van der Waals surface area contributed by atoms with Gasteiger partial charge in [-0.25, -0.2) is 0 Å². The summed E-state index contributed by atoms with van der Waals surface area (Å²) in [6, 6.07) is 6.64. The zero-order chi connectivity index (χ0) is 17.9. The Morgan fingerprint density at radius 2 is 2.12 bits per heavy atom. The van der Waals surface area contributed by atoms with Crippen LogP contribution in [0.4, 0.5) is 13.2 Å². The second-order valence-electron chi connectivity index (χ2n) is 6.27. The first kappa shape index (κ1) is 17.4. The topological polar surface area (TPSA) is 51.0 Å². The monoisotopic (exact) mass is 352 g/mol. The van der Waals surface area contributed by atoms with Crippen molar-refractivity contribution in [3.05, 3.63) is 48.0 Å². The first-order valence-corrected chi connectivity index (χ1v) is 8.20. The minimum atomic E-state index is -4.49. The van der Waals surface area contributed by atoms with E-state index in [2.05, 4.69) is 10.1 Å². The van der Waals surface area contributed by atoms with E-state index in [1.54, 1.807) is 11.1 Å². The summed E-state index contributed by atoms with van der Waals surface area (Å²) in [6.07, 6.45) is 1.14. The predicted octanol–water partition coefficient (Wildman–Crippen LogP) is 2.78. The Bertz CT molecular complexity index is 714. The Balaban J connectivity index is 1.57. The number of carbonyl (C=O) groups excluding carboxylic acids is 1. The summed E-state index contributed by atoms with van der Waals surface area (Å²) in [5.41, 5.74) is 0.00988. The van der Waals surface area contributed by atoms with Gasteiger partial charge < -0.3 is 4.90 Å². The van der Waals surface area contributed by atoms with Crippen molar-refractivity contribution < 1.29 is 18.0 Å². The number of likely N-dealkylation sites (tertiary alicyclic amines) is 1. The predicted molar refractivity (Wildman–Crippen MR) is 84.5 cm³/mol. The molecule has 0 bridgehead atoms. The molecule has 0 aromatic carbocycles. The SMILES string of the molecule is O=C(Cn1ccc(C(F)(F)F)n1)N1CCCC(Cc2ccccn2)C1. The van der Waals surface area contributed by atoms with Crippen LogP contribution in [0.5, 0.6) is 0 Å². The molecular formula is C17H19F3N4O. The van der Waals surface area contributed by atoms with Gasteiger partial charge in [-0.05, 0) is 43.4 Å². The molecule has 2 aromatic heterocycles. The van der Waals surface area contributed by atoms with Gasteiger partial charge in [0, 0.05) is 31.2 Å². The Labute approximate surface area is 143 Å². The van der Waals surface area contributed by atoms with Crippen LogP contribution >= 0.6 is 0 Å². The van der Waals surface area contributed by atoms with Gasteiger partial charge in [-0.3, -0.25) is 14.5 Å². The summed E-state index contributed by atoms with van der Waals surface area (Å²) in [4.78, 5) is 18.4. The number of alkyl halides is 3. The lowest BCUT2D eigenvalue weighted by Crippen LogP contribution is -2.42. The Morgan fingerprint density at radius 1 is 1.28 bits per heavy atom. The maximum atomic E-state index is 12.6. The number of piperidine rings is 1. The molecule has 1 saturated heterocycles. The summed E-state index contributed by atoms with van der Waals surface area (Å²) < 4.78 is 38.8. The molecule has 0 N–H and O–H groups in total. The first-order chi connectivity index (χ1) is 11.9. The highest BCUT2D eigenvalue weighted by molar-refractivity contribution is 5.76. The van der Waals surface area contributed by atoms with Crippen molar-refractivity contribution in [2.45, 2.75) is 32.0 Å². The van der Waals surface area contributed by atoms with Gasteiger partial charge in [0.05, 0.1) is 0 Å². The van der Waals surface area contributed by atoms with Crippen molar-refractivity contribution in [3.63, 3.8) is 0 Å². The average molecular weight is 352 g/mol. The van der Waals surface area contributed by atoms with Crippen LogP contribution in [-0.2, 0) is 23.9 Å². The van der Waals surface area contributed by atoms with Crippen molar-refractivity contribution in [2.24, 2.45) is 5.92 Å². The van der Waals surface area contributed by atoms with Gasteiger partial charge in [0.25, 0.3) is 0 Å². The number of pyridine rings is 1. The number of hydrogen-bond donors (Lipinski definition) is 0. The summed E-state index contributed by atoms with van der Waals surface area (Å²) in [5.74, 6) is 0.110. The molecule has 1 amide bonds. The van der Waals surface area contributed by atoms with Gasteiger partial charge in [0.2, 0.25) is 5.91 Å². The molecule has 8 heteroatoms. The van der Waals surface area contributed by atoms with Gasteiger partial charge in [0.1, 0.15) is 6.54 Å². The zero-order valence-corrected chi connectivity index (χ0v) is 13.6. The molecule has 1 atom stereocenters. The van der Waals surface area contributed by atoms with Crippen molar-refractivity contribution in [1.29, 1.82) is 0 Å². The van der Waals surface area contributed by atoms with Crippen LogP contribution in [0.25, 0.3) is 0 Å². The fourth-order valence-corrected chi connectivity index (χ4v) is 3.11. The molecule has 1 aliphatic rings. The molecule has 25 heavy (non-hydrogen) atoms. The normalized spacial score (nSPS) is 18.4. The van der Waals surface area contributed by atoms with Crippen LogP contribution < -0.4 is 0 Å². The number of nitrogens with zero attached hydrogens (tertiary/aromatic N) is 4. The van der Waals surface area contributed by atoms with E-state index < -0.39 is 11.9 Å². The molecule has 2 aromatic rings. The molecule has 3 heterocycles. The van der Waals surface area contributed by atoms with Crippen LogP contribution in [0, 0.1) is 5.92 Å². The second kappa shape index (κ2) is 7.25. The van der Waals surface area contributed by atoms with Gasteiger partial charge in [0.15, 0.2) is 5.69 Å². The summed E-state index contributed by atoms with van der Waals surface area (Å²) in [7, 11) is 0. The number of rotatable bonds is 4. The lowest BCUT2D eigenvalue weighted by molar-refractivity contribution is -0.142. The van der Waals surface area contributed by atoms with E-state index in [0.717, 1.165) is 35.7 Å². The van der Waals surface area contributed by atoms with E-state index in [4.69, 9.17) is 0 Å². The van der Waals surface area contributed by atoms with E-state index >= 15 is 0 Å². The largest absolute Gasteiger partial charge is 0.435 e. The molecule has 0 aliphatic carbocycles. The fourth-order valence-electron chi connectivity index (χ4n) is 3.11. The van der Waals surface area contributed by atoms with Gasteiger partial charge >= 0.3 is 6.18 Å². The van der Waals surface area contributed by atoms with Crippen LogP contribution in [0.15, 0.2) is 36.7 Å². The van der Waals surface area contributed by atoms with E-state index in [0.29, 0.717) is 19.0 Å². The summed E-state index contributed by atoms with van der Waals surface area (Å²) in [6.45, 7) is 1.06. The minimum Gasteiger partial charge on any atom is -0.341 e. The van der Waals surface area contributed by atoms with Gasteiger partial charge in [-0.15, -0.1) is 0 Å². The van der Waals surface area contributed by atoms with Crippen molar-refractivity contribution in [3.8, 4) is 0 Å². The number of aromatic nitrogens is 3. The average Bonchev–Trinajstić information content (AvgIpc) is 3.05. The molecule has 134 valence electrons. The van der Waals surface area contributed by atoms with Crippen molar-refractivity contribution in [2.75, 3.05) is 13.1 Å². The van der Waals surface area contributed by atoms with Crippen LogP contribution in [-0.4, -0.2) is 38.7 Å². The third kappa shape index (κ3) is 4.58. The molecule has 5 nitrogen and oxygen atoms in total. The van der Waals surface area contributed by atoms with E-state index in [1.807, 2.05) is 18.2 Å². The van der Waals surface area contributed by atoms with Crippen molar-refractivity contribution in [1.82, 2.24) is 19.7 Å². The molecular weight excluding hydrogens is 333 g/mol. The standard InChI is InChI=1S/C17H19F3N4O/c18-17(19,20)15-6-9-24(22-15)12-16(25)23-8-3-4-13(11-23)10-14-5-1-2-7-21-14/h1-2,5-7,9,13H,3-4,8,10-12H2. The van der Waals surface area contributed by atoms with Crippen LogP contribution in [0.2, 0.25) is 0 Å². The molecule has 1 aliphatic heterocycles. The maximum Gasteiger partial charge on any atom is 0.435 e. The van der Waals surface area contributed by atoms with E-state index in [1.165, 1.54) is 6.20 Å². The van der Waals surface area contributed by atoms with Gasteiger partial charge in [-0.1, -0.05) is 6.07 Å². The van der Waals surface area contributed by atoms with E-state index in [-0.39, 0.29) is 12.5 Å². The highest BCUT2D eigenvalue weighted by atomic mass is 19.4. The van der Waals surface area contributed by atoms with Crippen LogP contribution in [0.1, 0.15) is 24.2 Å². The maximum absolute atomic E-state index is 12.6. The highest BCUT2D eigenvalue weighted by Crippen LogP contribution is 2.27. The number of halogens is 3. The highest BCUT2D eigenvalue weighted by Gasteiger charge is 2.34. The third-order valence-electron chi connectivity index (χ3n) is 4.32. The fraction of sp³-hybridized carbons (Fsp3) is 0.471.